The lowest BCUT2D eigenvalue weighted by Gasteiger charge is -2.16. The fourth-order valence-corrected chi connectivity index (χ4v) is 2.29. The molecule has 1 atom stereocenters. The van der Waals surface area contributed by atoms with Crippen LogP contribution in [0.1, 0.15) is 49.9 Å². The van der Waals surface area contributed by atoms with Crippen LogP contribution < -0.4 is 15.7 Å². The predicted octanol–water partition coefficient (Wildman–Crippen LogP) is 0.0640. The van der Waals surface area contributed by atoms with Gasteiger partial charge in [-0.25, -0.2) is 4.79 Å². The van der Waals surface area contributed by atoms with Crippen molar-refractivity contribution in [1.82, 2.24) is 0 Å². The number of carboxylic acid groups (broad SMARTS) is 1. The Balaban J connectivity index is 2.53. The highest BCUT2D eigenvalue weighted by atomic mass is 16.5. The van der Waals surface area contributed by atoms with E-state index in [1.54, 1.807) is 36.5 Å². The lowest BCUT2D eigenvalue weighted by molar-refractivity contribution is -0.682. The number of anilines is 1. The number of rotatable bonds is 11. The number of carboxylic acids is 1. The Bertz CT molecular complexity index is 571. The molecule has 1 aromatic rings. The molecule has 0 aliphatic rings. The predicted molar refractivity (Wildman–Crippen MR) is 90.8 cm³/mol. The summed E-state index contributed by atoms with van der Waals surface area (Å²) in [7, 11) is 0. The van der Waals surface area contributed by atoms with E-state index in [0.717, 1.165) is 19.3 Å². The summed E-state index contributed by atoms with van der Waals surface area (Å²) >= 11 is 0. The Morgan fingerprint density at radius 1 is 1.16 bits per heavy atom. The van der Waals surface area contributed by atoms with E-state index in [4.69, 9.17) is 4.74 Å². The van der Waals surface area contributed by atoms with Crippen molar-refractivity contribution in [1.29, 1.82) is 0 Å². The van der Waals surface area contributed by atoms with Crippen molar-refractivity contribution in [2.24, 2.45) is 0 Å². The second kappa shape index (κ2) is 11.2. The molecule has 7 nitrogen and oxygen atoms in total. The molecule has 0 fully saturated rings. The average Bonchev–Trinajstić information content (AvgIpc) is 2.58. The highest BCUT2D eigenvalue weighted by molar-refractivity contribution is 5.94. The molecule has 7 heteroatoms. The van der Waals surface area contributed by atoms with Gasteiger partial charge in [-0.2, -0.15) is 0 Å². The molecule has 3 N–H and O–H groups in total. The number of benzene rings is 1. The Hall–Kier alpha value is -2.41. The van der Waals surface area contributed by atoms with Gasteiger partial charge in [0, 0.05) is 5.69 Å². The lowest BCUT2D eigenvalue weighted by Crippen LogP contribution is -2.93. The normalized spacial score (nSPS) is 11.6. The molecule has 0 aliphatic heterocycles. The number of carbonyl (C=O) groups excluding carboxylic acids is 3. The van der Waals surface area contributed by atoms with Gasteiger partial charge in [0.05, 0.1) is 31.1 Å². The van der Waals surface area contributed by atoms with Crippen LogP contribution in [-0.4, -0.2) is 37.0 Å². The van der Waals surface area contributed by atoms with Crippen LogP contribution in [0.2, 0.25) is 0 Å². The monoisotopic (exact) mass is 350 g/mol. The van der Waals surface area contributed by atoms with Gasteiger partial charge >= 0.3 is 5.97 Å². The van der Waals surface area contributed by atoms with Gasteiger partial charge in [0.25, 0.3) is 0 Å². The molecule has 25 heavy (non-hydrogen) atoms. The maximum Gasteiger partial charge on any atom is 0.338 e. The van der Waals surface area contributed by atoms with Crippen molar-refractivity contribution in [3.63, 3.8) is 0 Å². The van der Waals surface area contributed by atoms with Crippen LogP contribution in [-0.2, 0) is 14.3 Å². The van der Waals surface area contributed by atoms with Gasteiger partial charge in [-0.15, -0.1) is 0 Å². The quantitative estimate of drug-likeness (QED) is 0.433. The van der Waals surface area contributed by atoms with Gasteiger partial charge in [-0.05, 0) is 44.0 Å². The van der Waals surface area contributed by atoms with E-state index in [2.05, 4.69) is 12.2 Å². The number of unbranched alkanes of at least 4 members (excludes halogenated alkanes) is 2. The van der Waals surface area contributed by atoms with Gasteiger partial charge in [0.1, 0.15) is 6.04 Å². The van der Waals surface area contributed by atoms with E-state index in [-0.39, 0.29) is 13.0 Å². The number of amides is 1. The first-order valence-corrected chi connectivity index (χ1v) is 8.59. The van der Waals surface area contributed by atoms with Gasteiger partial charge in [-0.1, -0.05) is 13.3 Å². The van der Waals surface area contributed by atoms with Crippen molar-refractivity contribution in [2.45, 2.75) is 45.6 Å². The number of esters is 1. The summed E-state index contributed by atoms with van der Waals surface area (Å²) in [6, 6.07) is 5.32. The van der Waals surface area contributed by atoms with Crippen LogP contribution in [0.4, 0.5) is 5.69 Å². The molecule has 0 bridgehead atoms. The summed E-state index contributed by atoms with van der Waals surface area (Å²) in [6.07, 6.45) is 2.80. The zero-order valence-corrected chi connectivity index (χ0v) is 14.7. The summed E-state index contributed by atoms with van der Waals surface area (Å²) in [5, 5.41) is 15.4. The van der Waals surface area contributed by atoms with Gasteiger partial charge in [0.2, 0.25) is 5.91 Å². The minimum Gasteiger partial charge on any atom is -0.544 e. The van der Waals surface area contributed by atoms with Crippen LogP contribution in [0, 0.1) is 0 Å². The molecule has 0 saturated heterocycles. The van der Waals surface area contributed by atoms with Crippen molar-refractivity contribution >= 4 is 23.5 Å². The SMILES string of the molecule is CCCCC[NH2+][C@@H](CC(=O)Nc1ccc(C(=O)OCC)cc1)C(=O)[O-]. The number of hydrogen-bond acceptors (Lipinski definition) is 5. The number of nitrogens with one attached hydrogen (secondary N) is 1. The number of aliphatic carboxylic acids is 1. The maximum absolute atomic E-state index is 12.0. The minimum atomic E-state index is -1.25. The third kappa shape index (κ3) is 7.80. The van der Waals surface area contributed by atoms with Gasteiger partial charge in [-0.3, -0.25) is 4.79 Å². The molecule has 1 rings (SSSR count). The van der Waals surface area contributed by atoms with Gasteiger partial charge in [0.15, 0.2) is 0 Å². The fourth-order valence-electron chi connectivity index (χ4n) is 2.29. The molecule has 0 heterocycles. The largest absolute Gasteiger partial charge is 0.544 e. The van der Waals surface area contributed by atoms with Crippen molar-refractivity contribution in [3.8, 4) is 0 Å². The van der Waals surface area contributed by atoms with E-state index < -0.39 is 23.9 Å². The Morgan fingerprint density at radius 3 is 2.40 bits per heavy atom. The van der Waals surface area contributed by atoms with E-state index in [0.29, 0.717) is 17.8 Å². The molecule has 0 spiro atoms. The Labute approximate surface area is 147 Å². The first-order valence-electron chi connectivity index (χ1n) is 8.59. The number of nitrogens with two attached hydrogens (primary N) is 1. The molecule has 0 radical (unpaired) electrons. The van der Waals surface area contributed by atoms with Crippen LogP contribution in [0.15, 0.2) is 24.3 Å². The fraction of sp³-hybridized carbons (Fsp3) is 0.500. The summed E-state index contributed by atoms with van der Waals surface area (Å²) in [5.74, 6) is -2.09. The standard InChI is InChI=1S/C18H26N2O5/c1-3-5-6-11-19-15(17(22)23)12-16(21)20-14-9-7-13(8-10-14)18(24)25-4-2/h7-10,15,19H,3-6,11-12H2,1-2H3,(H,20,21)(H,22,23)/t15-/m0/s1. The molecule has 0 unspecified atom stereocenters. The average molecular weight is 350 g/mol. The topological polar surface area (TPSA) is 112 Å². The smallest absolute Gasteiger partial charge is 0.338 e. The van der Waals surface area contributed by atoms with Crippen molar-refractivity contribution < 1.29 is 29.5 Å². The van der Waals surface area contributed by atoms with Crippen LogP contribution in [0.25, 0.3) is 0 Å². The van der Waals surface area contributed by atoms with E-state index in [1.807, 2.05) is 0 Å². The third-order valence-corrected chi connectivity index (χ3v) is 3.65. The highest BCUT2D eigenvalue weighted by Gasteiger charge is 2.18. The third-order valence-electron chi connectivity index (χ3n) is 3.65. The summed E-state index contributed by atoms with van der Waals surface area (Å²) in [4.78, 5) is 34.7. The number of carbonyl (C=O) groups is 3. The molecule has 1 aromatic carbocycles. The first-order chi connectivity index (χ1) is 12.0. The highest BCUT2D eigenvalue weighted by Crippen LogP contribution is 2.11. The maximum atomic E-state index is 12.0. The van der Waals surface area contributed by atoms with Gasteiger partial charge < -0.3 is 25.3 Å². The van der Waals surface area contributed by atoms with Crippen molar-refractivity contribution in [2.75, 3.05) is 18.5 Å². The second-order valence-corrected chi connectivity index (χ2v) is 5.71. The van der Waals surface area contributed by atoms with Crippen LogP contribution in [0.5, 0.6) is 0 Å². The molecular formula is C18H26N2O5. The Morgan fingerprint density at radius 2 is 1.84 bits per heavy atom. The van der Waals surface area contributed by atoms with E-state index >= 15 is 0 Å². The lowest BCUT2D eigenvalue weighted by atomic mass is 10.1. The molecule has 138 valence electrons. The number of quaternary nitrogens is 1. The summed E-state index contributed by atoms with van der Waals surface area (Å²) in [6.45, 7) is 4.72. The first kappa shape index (κ1) is 20.6. The molecule has 0 aliphatic carbocycles. The van der Waals surface area contributed by atoms with E-state index in [9.17, 15) is 19.5 Å². The number of ether oxygens (including phenoxy) is 1. The molecule has 1 amide bonds. The van der Waals surface area contributed by atoms with Crippen LogP contribution in [0.3, 0.4) is 0 Å². The summed E-state index contributed by atoms with van der Waals surface area (Å²) in [5.41, 5.74) is 0.873. The zero-order valence-electron chi connectivity index (χ0n) is 14.7. The number of hydrogen-bond donors (Lipinski definition) is 2. The second-order valence-electron chi connectivity index (χ2n) is 5.71. The summed E-state index contributed by atoms with van der Waals surface area (Å²) < 4.78 is 4.88. The van der Waals surface area contributed by atoms with Crippen LogP contribution >= 0.6 is 0 Å². The minimum absolute atomic E-state index is 0.173. The van der Waals surface area contributed by atoms with Crippen molar-refractivity contribution in [3.05, 3.63) is 29.8 Å². The molecule has 0 saturated carbocycles. The van der Waals surface area contributed by atoms with E-state index in [1.165, 1.54) is 0 Å². The zero-order chi connectivity index (χ0) is 18.7. The Kier molecular flexibility index (Phi) is 9.24. The molecular weight excluding hydrogens is 324 g/mol. The molecule has 0 aromatic heterocycles.